The molecule has 36 heavy (non-hydrogen) atoms. The number of nitrogens with one attached hydrogen (secondary N) is 2. The van der Waals surface area contributed by atoms with Crippen molar-refractivity contribution in [2.45, 2.75) is 52.4 Å². The van der Waals surface area contributed by atoms with Crippen LogP contribution in [0.4, 0.5) is 11.4 Å². The highest BCUT2D eigenvalue weighted by Crippen LogP contribution is 2.30. The highest BCUT2D eigenvalue weighted by atomic mass is 16.5. The van der Waals surface area contributed by atoms with Crippen LogP contribution in [0.25, 0.3) is 0 Å². The van der Waals surface area contributed by atoms with Gasteiger partial charge < -0.3 is 20.1 Å². The van der Waals surface area contributed by atoms with Gasteiger partial charge in [0, 0.05) is 23.2 Å². The van der Waals surface area contributed by atoms with E-state index in [-0.39, 0.29) is 35.6 Å². The Hall–Kier alpha value is -3.68. The van der Waals surface area contributed by atoms with E-state index in [1.54, 1.807) is 48.5 Å². The van der Waals surface area contributed by atoms with Crippen LogP contribution in [-0.4, -0.2) is 37.0 Å². The smallest absolute Gasteiger partial charge is 0.338 e. The van der Waals surface area contributed by atoms with Crippen molar-refractivity contribution in [2.75, 3.05) is 23.8 Å². The second-order valence-electron chi connectivity index (χ2n) is 8.95. The first-order valence-corrected chi connectivity index (χ1v) is 12.6. The Morgan fingerprint density at radius 2 is 0.972 bits per heavy atom. The summed E-state index contributed by atoms with van der Waals surface area (Å²) in [6, 6.07) is 13.3. The molecule has 2 aromatic rings. The van der Waals surface area contributed by atoms with Crippen molar-refractivity contribution in [3.05, 3.63) is 59.7 Å². The number of carbonyl (C=O) groups is 4. The molecule has 0 bridgehead atoms. The van der Waals surface area contributed by atoms with Crippen LogP contribution in [0, 0.1) is 11.8 Å². The van der Waals surface area contributed by atoms with Crippen LogP contribution in [0.15, 0.2) is 48.5 Å². The lowest BCUT2D eigenvalue weighted by Crippen LogP contribution is -2.32. The first-order chi connectivity index (χ1) is 17.4. The molecule has 1 saturated carbocycles. The lowest BCUT2D eigenvalue weighted by atomic mass is 9.81. The van der Waals surface area contributed by atoms with Gasteiger partial charge in [-0.15, -0.1) is 0 Å². The van der Waals surface area contributed by atoms with E-state index in [0.717, 1.165) is 12.8 Å². The zero-order valence-corrected chi connectivity index (χ0v) is 20.9. The Morgan fingerprint density at radius 1 is 0.639 bits per heavy atom. The minimum Gasteiger partial charge on any atom is -0.462 e. The fourth-order valence-corrected chi connectivity index (χ4v) is 4.04. The molecule has 0 aliphatic heterocycles. The molecule has 1 fully saturated rings. The number of hydrogen-bond donors (Lipinski definition) is 2. The van der Waals surface area contributed by atoms with Gasteiger partial charge in [0.15, 0.2) is 0 Å². The van der Waals surface area contributed by atoms with E-state index in [9.17, 15) is 19.2 Å². The molecule has 0 heterocycles. The van der Waals surface area contributed by atoms with Crippen molar-refractivity contribution >= 4 is 35.1 Å². The Labute approximate surface area is 211 Å². The second kappa shape index (κ2) is 13.4. The molecular formula is C28H34N2O6. The summed E-state index contributed by atoms with van der Waals surface area (Å²) in [7, 11) is 0. The lowest BCUT2D eigenvalue weighted by Gasteiger charge is -2.27. The summed E-state index contributed by atoms with van der Waals surface area (Å²) >= 11 is 0. The molecule has 1 aliphatic rings. The van der Waals surface area contributed by atoms with Crippen LogP contribution < -0.4 is 10.6 Å². The highest BCUT2D eigenvalue weighted by Gasteiger charge is 2.30. The van der Waals surface area contributed by atoms with Gasteiger partial charge in [-0.1, -0.05) is 13.8 Å². The van der Waals surface area contributed by atoms with Crippen molar-refractivity contribution in [1.82, 2.24) is 0 Å². The zero-order valence-electron chi connectivity index (χ0n) is 20.9. The molecule has 0 saturated heterocycles. The number of ether oxygens (including phenoxy) is 2. The molecule has 2 aromatic carbocycles. The van der Waals surface area contributed by atoms with Crippen LogP contribution in [-0.2, 0) is 19.1 Å². The van der Waals surface area contributed by atoms with E-state index < -0.39 is 0 Å². The lowest BCUT2D eigenvalue weighted by molar-refractivity contribution is -0.125. The third kappa shape index (κ3) is 7.66. The summed E-state index contributed by atoms with van der Waals surface area (Å²) in [5.41, 5.74) is 2.13. The van der Waals surface area contributed by atoms with Crippen molar-refractivity contribution in [3.8, 4) is 0 Å². The molecule has 2 N–H and O–H groups in total. The van der Waals surface area contributed by atoms with Crippen molar-refractivity contribution in [1.29, 1.82) is 0 Å². The Bertz CT molecular complexity index is 955. The topological polar surface area (TPSA) is 111 Å². The Morgan fingerprint density at radius 3 is 1.28 bits per heavy atom. The van der Waals surface area contributed by atoms with Crippen molar-refractivity contribution in [3.63, 3.8) is 0 Å². The molecule has 3 rings (SSSR count). The van der Waals surface area contributed by atoms with Crippen molar-refractivity contribution < 1.29 is 28.7 Å². The monoisotopic (exact) mass is 494 g/mol. The number of rotatable bonds is 10. The van der Waals surface area contributed by atoms with E-state index in [4.69, 9.17) is 9.47 Å². The normalized spacial score (nSPS) is 17.1. The van der Waals surface area contributed by atoms with E-state index in [0.29, 0.717) is 61.4 Å². The van der Waals surface area contributed by atoms with Gasteiger partial charge in [-0.05, 0) is 87.1 Å². The molecule has 1 aliphatic carbocycles. The number of anilines is 2. The number of carbonyl (C=O) groups excluding carboxylic acids is 4. The largest absolute Gasteiger partial charge is 0.462 e. The maximum Gasteiger partial charge on any atom is 0.338 e. The highest BCUT2D eigenvalue weighted by molar-refractivity contribution is 5.96. The summed E-state index contributed by atoms with van der Waals surface area (Å²) in [6.07, 6.45) is 3.99. The van der Waals surface area contributed by atoms with Gasteiger partial charge in [-0.3, -0.25) is 9.59 Å². The summed E-state index contributed by atoms with van der Waals surface area (Å²) in [5, 5.41) is 5.81. The third-order valence-corrected chi connectivity index (χ3v) is 6.12. The first kappa shape index (κ1) is 26.9. The molecular weight excluding hydrogens is 460 g/mol. The predicted molar refractivity (Wildman–Crippen MR) is 137 cm³/mol. The van der Waals surface area contributed by atoms with Gasteiger partial charge >= 0.3 is 11.9 Å². The summed E-state index contributed by atoms with van der Waals surface area (Å²) in [6.45, 7) is 4.61. The fourth-order valence-electron chi connectivity index (χ4n) is 4.04. The van der Waals surface area contributed by atoms with Crippen LogP contribution in [0.1, 0.15) is 73.1 Å². The first-order valence-electron chi connectivity index (χ1n) is 12.6. The minimum atomic E-state index is -0.378. The van der Waals surface area contributed by atoms with E-state index in [1.165, 1.54) is 0 Å². The minimum absolute atomic E-state index is 0.0827. The number of hydrogen-bond acceptors (Lipinski definition) is 6. The second-order valence-corrected chi connectivity index (χ2v) is 8.95. The molecule has 192 valence electrons. The molecule has 8 heteroatoms. The van der Waals surface area contributed by atoms with Gasteiger partial charge in [0.1, 0.15) is 0 Å². The van der Waals surface area contributed by atoms with Crippen LogP contribution in [0.5, 0.6) is 0 Å². The Kier molecular flexibility index (Phi) is 10.0. The summed E-state index contributed by atoms with van der Waals surface area (Å²) in [5.74, 6) is -1.26. The van der Waals surface area contributed by atoms with Gasteiger partial charge in [-0.2, -0.15) is 0 Å². The maximum absolute atomic E-state index is 12.7. The predicted octanol–water partition coefficient (Wildman–Crippen LogP) is 5.20. The maximum atomic E-state index is 12.7. The SMILES string of the molecule is CCCOC(=O)c1ccc(NC(=O)C2CCC(C(=O)Nc3ccc(C(=O)OCCC)cc3)CC2)cc1. The van der Waals surface area contributed by atoms with Crippen molar-refractivity contribution in [2.24, 2.45) is 11.8 Å². The molecule has 0 atom stereocenters. The zero-order chi connectivity index (χ0) is 25.9. The summed E-state index contributed by atoms with van der Waals surface area (Å²) < 4.78 is 10.2. The number of benzene rings is 2. The Balaban J connectivity index is 1.44. The molecule has 8 nitrogen and oxygen atoms in total. The fraction of sp³-hybridized carbons (Fsp3) is 0.429. The van der Waals surface area contributed by atoms with E-state index in [1.807, 2.05) is 13.8 Å². The van der Waals surface area contributed by atoms with E-state index >= 15 is 0 Å². The average molecular weight is 495 g/mol. The molecule has 0 aromatic heterocycles. The van der Waals surface area contributed by atoms with Crippen LogP contribution in [0.2, 0.25) is 0 Å². The van der Waals surface area contributed by atoms with Gasteiger partial charge in [0.05, 0.1) is 24.3 Å². The quantitative estimate of drug-likeness (QED) is 0.439. The van der Waals surface area contributed by atoms with E-state index in [2.05, 4.69) is 10.6 Å². The number of esters is 2. The summed E-state index contributed by atoms with van der Waals surface area (Å²) in [4.78, 5) is 49.2. The van der Waals surface area contributed by atoms with Gasteiger partial charge in [0.2, 0.25) is 11.8 Å². The van der Waals surface area contributed by atoms with Crippen LogP contribution >= 0.6 is 0 Å². The molecule has 0 unspecified atom stereocenters. The molecule has 0 radical (unpaired) electrons. The molecule has 0 spiro atoms. The van der Waals surface area contributed by atoms with Crippen LogP contribution in [0.3, 0.4) is 0 Å². The standard InChI is InChI=1S/C28H34N2O6/c1-3-17-35-27(33)21-9-13-23(14-10-21)29-25(31)19-5-7-20(8-6-19)26(32)30-24-15-11-22(12-16-24)28(34)36-18-4-2/h9-16,19-20H,3-8,17-18H2,1-2H3,(H,29,31)(H,30,32). The third-order valence-electron chi connectivity index (χ3n) is 6.12. The number of amides is 2. The van der Waals surface area contributed by atoms with Gasteiger partial charge in [0.25, 0.3) is 0 Å². The van der Waals surface area contributed by atoms with Gasteiger partial charge in [-0.25, -0.2) is 9.59 Å². The molecule has 2 amide bonds. The average Bonchev–Trinajstić information content (AvgIpc) is 2.91.